The minimum absolute atomic E-state index is 0.138. The van der Waals surface area contributed by atoms with Crippen molar-refractivity contribution in [3.05, 3.63) is 41.5 Å². The van der Waals surface area contributed by atoms with Crippen LogP contribution in [0.15, 0.2) is 35.9 Å². The van der Waals surface area contributed by atoms with Crippen LogP contribution in [0.5, 0.6) is 0 Å². The molecule has 1 fully saturated rings. The normalized spacial score (nSPS) is 19.6. The molecular weight excluding hydrogens is 260 g/mol. The number of hydrogen-bond donors (Lipinski definition) is 1. The van der Waals surface area contributed by atoms with E-state index >= 15 is 0 Å². The Morgan fingerprint density at radius 2 is 1.85 bits per heavy atom. The highest BCUT2D eigenvalue weighted by Crippen LogP contribution is 2.33. The van der Waals surface area contributed by atoms with Crippen LogP contribution < -0.4 is 5.32 Å². The second-order valence-corrected chi connectivity index (χ2v) is 5.34. The smallest absolute Gasteiger partial charge is 0.248 e. The summed E-state index contributed by atoms with van der Waals surface area (Å²) in [7, 11) is 0. The first-order valence-electron chi connectivity index (χ1n) is 6.88. The molecular formula is C16H19F2NO. The molecule has 2 rings (SSSR count). The van der Waals surface area contributed by atoms with Gasteiger partial charge in [0.1, 0.15) is 0 Å². The quantitative estimate of drug-likeness (QED) is 0.838. The first-order valence-corrected chi connectivity index (χ1v) is 6.88. The molecule has 0 heterocycles. The number of halogens is 2. The van der Waals surface area contributed by atoms with Crippen molar-refractivity contribution in [1.29, 1.82) is 0 Å². The van der Waals surface area contributed by atoms with Crippen molar-refractivity contribution in [2.75, 3.05) is 0 Å². The third kappa shape index (κ3) is 4.15. The van der Waals surface area contributed by atoms with Gasteiger partial charge in [0.05, 0.1) is 0 Å². The highest BCUT2D eigenvalue weighted by atomic mass is 19.3. The molecule has 0 radical (unpaired) electrons. The lowest BCUT2D eigenvalue weighted by molar-refractivity contribution is -0.119. The Balaban J connectivity index is 1.91. The number of amides is 1. The molecule has 0 bridgehead atoms. The molecule has 1 saturated carbocycles. The number of carbonyl (C=O) groups is 1. The van der Waals surface area contributed by atoms with Gasteiger partial charge in [-0.3, -0.25) is 4.79 Å². The van der Waals surface area contributed by atoms with Crippen molar-refractivity contribution in [2.24, 2.45) is 0 Å². The van der Waals surface area contributed by atoms with E-state index in [4.69, 9.17) is 0 Å². The van der Waals surface area contributed by atoms with Crippen LogP contribution in [0.2, 0.25) is 0 Å². The van der Waals surface area contributed by atoms with Crippen molar-refractivity contribution >= 4 is 12.0 Å². The Kier molecular flexibility index (Phi) is 4.53. The minimum Gasteiger partial charge on any atom is -0.350 e. The molecule has 1 aliphatic rings. The van der Waals surface area contributed by atoms with E-state index in [0.29, 0.717) is 18.4 Å². The lowest BCUT2D eigenvalue weighted by Crippen LogP contribution is -2.40. The number of alkyl halides is 2. The van der Waals surface area contributed by atoms with E-state index in [9.17, 15) is 13.6 Å². The molecule has 0 saturated heterocycles. The summed E-state index contributed by atoms with van der Waals surface area (Å²) in [6.45, 7) is 1.74. The van der Waals surface area contributed by atoms with Crippen LogP contribution in [0.3, 0.4) is 0 Å². The van der Waals surface area contributed by atoms with Gasteiger partial charge in [0.2, 0.25) is 11.8 Å². The highest BCUT2D eigenvalue weighted by molar-refractivity contribution is 5.97. The summed E-state index contributed by atoms with van der Waals surface area (Å²) in [5.74, 6) is -2.74. The second kappa shape index (κ2) is 6.16. The van der Waals surface area contributed by atoms with E-state index in [1.165, 1.54) is 0 Å². The topological polar surface area (TPSA) is 29.1 Å². The van der Waals surface area contributed by atoms with Gasteiger partial charge in [-0.1, -0.05) is 30.3 Å². The number of nitrogens with one attached hydrogen (secondary N) is 1. The Hall–Kier alpha value is -1.71. The van der Waals surface area contributed by atoms with Crippen molar-refractivity contribution in [3.63, 3.8) is 0 Å². The van der Waals surface area contributed by atoms with E-state index in [1.54, 1.807) is 13.0 Å². The molecule has 20 heavy (non-hydrogen) atoms. The zero-order chi connectivity index (χ0) is 14.6. The molecule has 0 atom stereocenters. The fourth-order valence-corrected chi connectivity index (χ4v) is 2.35. The van der Waals surface area contributed by atoms with Crippen LogP contribution >= 0.6 is 0 Å². The summed E-state index contributed by atoms with van der Waals surface area (Å²) in [6, 6.07) is 9.41. The van der Waals surface area contributed by atoms with E-state index in [1.807, 2.05) is 30.3 Å². The summed E-state index contributed by atoms with van der Waals surface area (Å²) in [5.41, 5.74) is 1.55. The fraction of sp³-hybridized carbons (Fsp3) is 0.438. The zero-order valence-electron chi connectivity index (χ0n) is 11.5. The summed E-state index contributed by atoms with van der Waals surface area (Å²) in [6.07, 6.45) is 2.21. The van der Waals surface area contributed by atoms with E-state index in [-0.39, 0.29) is 24.8 Å². The van der Waals surface area contributed by atoms with Crippen LogP contribution in [0.1, 0.15) is 38.2 Å². The van der Waals surface area contributed by atoms with Crippen LogP contribution in [0.4, 0.5) is 8.78 Å². The van der Waals surface area contributed by atoms with E-state index < -0.39 is 5.92 Å². The van der Waals surface area contributed by atoms with Crippen molar-refractivity contribution in [2.45, 2.75) is 44.6 Å². The van der Waals surface area contributed by atoms with E-state index in [2.05, 4.69) is 5.32 Å². The van der Waals surface area contributed by atoms with Gasteiger partial charge in [-0.05, 0) is 31.4 Å². The maximum absolute atomic E-state index is 13.0. The summed E-state index contributed by atoms with van der Waals surface area (Å²) < 4.78 is 26.1. The van der Waals surface area contributed by atoms with Crippen LogP contribution in [-0.2, 0) is 4.79 Å². The summed E-state index contributed by atoms with van der Waals surface area (Å²) in [4.78, 5) is 12.0. The van der Waals surface area contributed by atoms with Gasteiger partial charge >= 0.3 is 0 Å². The second-order valence-electron chi connectivity index (χ2n) is 5.34. The van der Waals surface area contributed by atoms with Crippen molar-refractivity contribution < 1.29 is 13.6 Å². The molecule has 108 valence electrons. The average Bonchev–Trinajstić information content (AvgIpc) is 2.42. The lowest BCUT2D eigenvalue weighted by atomic mass is 9.92. The average molecular weight is 279 g/mol. The Morgan fingerprint density at radius 3 is 2.45 bits per heavy atom. The van der Waals surface area contributed by atoms with Gasteiger partial charge in [0.15, 0.2) is 0 Å². The molecule has 1 aliphatic carbocycles. The SMILES string of the molecule is CC(=Cc1ccccc1)C(=O)NC1CCC(F)(F)CC1. The number of benzene rings is 1. The Labute approximate surface area is 117 Å². The van der Waals surface area contributed by atoms with Gasteiger partial charge in [-0.15, -0.1) is 0 Å². The Morgan fingerprint density at radius 1 is 1.25 bits per heavy atom. The van der Waals surface area contributed by atoms with Crippen LogP contribution in [-0.4, -0.2) is 17.9 Å². The lowest BCUT2D eigenvalue weighted by Gasteiger charge is -2.28. The molecule has 0 unspecified atom stereocenters. The van der Waals surface area contributed by atoms with Gasteiger partial charge in [0.25, 0.3) is 0 Å². The maximum Gasteiger partial charge on any atom is 0.248 e. The molecule has 1 aromatic carbocycles. The van der Waals surface area contributed by atoms with Gasteiger partial charge < -0.3 is 5.32 Å². The zero-order valence-corrected chi connectivity index (χ0v) is 11.5. The third-order valence-electron chi connectivity index (χ3n) is 3.59. The van der Waals surface area contributed by atoms with Crippen molar-refractivity contribution in [3.8, 4) is 0 Å². The first kappa shape index (κ1) is 14.7. The monoisotopic (exact) mass is 279 g/mol. The molecule has 4 heteroatoms. The van der Waals surface area contributed by atoms with Gasteiger partial charge in [-0.25, -0.2) is 8.78 Å². The van der Waals surface area contributed by atoms with Crippen LogP contribution in [0.25, 0.3) is 6.08 Å². The van der Waals surface area contributed by atoms with E-state index in [0.717, 1.165) is 5.56 Å². The standard InChI is InChI=1S/C16H19F2NO/c1-12(11-13-5-3-2-4-6-13)15(20)19-14-7-9-16(17,18)10-8-14/h2-6,11,14H,7-10H2,1H3,(H,19,20). The predicted octanol–water partition coefficient (Wildman–Crippen LogP) is 3.78. The highest BCUT2D eigenvalue weighted by Gasteiger charge is 2.35. The molecule has 0 spiro atoms. The van der Waals surface area contributed by atoms with Crippen molar-refractivity contribution in [1.82, 2.24) is 5.32 Å². The molecule has 1 aromatic rings. The minimum atomic E-state index is -2.56. The largest absolute Gasteiger partial charge is 0.350 e. The maximum atomic E-state index is 13.0. The predicted molar refractivity (Wildman–Crippen MR) is 75.4 cm³/mol. The molecule has 0 aromatic heterocycles. The van der Waals surface area contributed by atoms with Gasteiger partial charge in [0, 0.05) is 24.5 Å². The molecule has 1 amide bonds. The van der Waals surface area contributed by atoms with Gasteiger partial charge in [-0.2, -0.15) is 0 Å². The number of rotatable bonds is 3. The number of hydrogen-bond acceptors (Lipinski definition) is 1. The van der Waals surface area contributed by atoms with Crippen LogP contribution in [0, 0.1) is 0 Å². The molecule has 1 N–H and O–H groups in total. The third-order valence-corrected chi connectivity index (χ3v) is 3.59. The number of carbonyl (C=O) groups excluding carboxylic acids is 1. The molecule has 0 aliphatic heterocycles. The summed E-state index contributed by atoms with van der Waals surface area (Å²) >= 11 is 0. The summed E-state index contributed by atoms with van der Waals surface area (Å²) in [5, 5.41) is 2.84. The first-order chi connectivity index (χ1) is 9.46. The fourth-order valence-electron chi connectivity index (χ4n) is 2.35. The Bertz CT molecular complexity index is 486. The molecule has 2 nitrogen and oxygen atoms in total.